The number of nitrogens with zero attached hydrogens (tertiary/aromatic N) is 3. The molecule has 0 radical (unpaired) electrons. The van der Waals surface area contributed by atoms with Crippen molar-refractivity contribution in [3.8, 4) is 0 Å². The van der Waals surface area contributed by atoms with Crippen LogP contribution in [0.1, 0.15) is 51.0 Å². The van der Waals surface area contributed by atoms with E-state index in [0.717, 1.165) is 58.0 Å². The Kier molecular flexibility index (Phi) is 8.80. The summed E-state index contributed by atoms with van der Waals surface area (Å²) in [5.74, 6) is 1.10. The summed E-state index contributed by atoms with van der Waals surface area (Å²) in [4.78, 5) is 32.9. The van der Waals surface area contributed by atoms with Gasteiger partial charge in [0.15, 0.2) is 5.16 Å². The summed E-state index contributed by atoms with van der Waals surface area (Å²) in [5.41, 5.74) is 2.08. The molecule has 0 atom stereocenters. The van der Waals surface area contributed by atoms with E-state index in [2.05, 4.69) is 37.3 Å². The molecular formula is C28H35N3O2S. The van der Waals surface area contributed by atoms with Crippen molar-refractivity contribution in [1.29, 1.82) is 0 Å². The minimum absolute atomic E-state index is 0.00114. The molecule has 1 aliphatic heterocycles. The summed E-state index contributed by atoms with van der Waals surface area (Å²) < 4.78 is 1.78. The van der Waals surface area contributed by atoms with E-state index in [1.165, 1.54) is 17.3 Å². The maximum absolute atomic E-state index is 13.2. The fraction of sp³-hybridized carbons (Fsp3) is 0.464. The Morgan fingerprint density at radius 2 is 1.74 bits per heavy atom. The number of aromatic nitrogens is 2. The van der Waals surface area contributed by atoms with E-state index in [1.54, 1.807) is 4.57 Å². The molecule has 0 N–H and O–H groups in total. The summed E-state index contributed by atoms with van der Waals surface area (Å²) in [6, 6.07) is 18.1. The Hall–Kier alpha value is -2.60. The van der Waals surface area contributed by atoms with Crippen molar-refractivity contribution in [2.75, 3.05) is 18.8 Å². The number of unbranched alkanes of at least 4 members (excludes halogenated alkanes) is 3. The number of thioether (sulfide) groups is 1. The van der Waals surface area contributed by atoms with Crippen molar-refractivity contribution < 1.29 is 4.79 Å². The molecule has 1 aliphatic rings. The highest BCUT2D eigenvalue weighted by molar-refractivity contribution is 7.99. The normalized spacial score (nSPS) is 14.6. The number of hydrogen-bond donors (Lipinski definition) is 0. The lowest BCUT2D eigenvalue weighted by molar-refractivity contribution is -0.129. The maximum atomic E-state index is 13.2. The molecule has 0 saturated carbocycles. The van der Waals surface area contributed by atoms with Crippen molar-refractivity contribution in [2.24, 2.45) is 5.92 Å². The average molecular weight is 478 g/mol. The topological polar surface area (TPSA) is 55.2 Å². The van der Waals surface area contributed by atoms with E-state index < -0.39 is 0 Å². The molecule has 0 aliphatic carbocycles. The molecule has 4 rings (SSSR count). The first-order valence-electron chi connectivity index (χ1n) is 12.6. The number of fused-ring (bicyclic) bond motifs is 1. The molecule has 1 saturated heterocycles. The molecule has 0 spiro atoms. The molecule has 2 heterocycles. The first-order valence-corrected chi connectivity index (χ1v) is 13.6. The minimum Gasteiger partial charge on any atom is -0.342 e. The van der Waals surface area contributed by atoms with Crippen molar-refractivity contribution in [1.82, 2.24) is 14.5 Å². The van der Waals surface area contributed by atoms with Crippen molar-refractivity contribution >= 4 is 28.6 Å². The Balaban J connectivity index is 1.37. The third kappa shape index (κ3) is 6.29. The minimum atomic E-state index is -0.00114. The lowest BCUT2D eigenvalue weighted by Crippen LogP contribution is -2.40. The fourth-order valence-corrected chi connectivity index (χ4v) is 5.63. The first kappa shape index (κ1) is 24.5. The van der Waals surface area contributed by atoms with Gasteiger partial charge >= 0.3 is 0 Å². The van der Waals surface area contributed by atoms with Crippen LogP contribution in [0.4, 0.5) is 0 Å². The Bertz CT molecular complexity index is 1140. The van der Waals surface area contributed by atoms with Gasteiger partial charge in [0.05, 0.1) is 16.7 Å². The van der Waals surface area contributed by atoms with Gasteiger partial charge in [0.25, 0.3) is 5.56 Å². The Labute approximate surface area is 206 Å². The largest absolute Gasteiger partial charge is 0.342 e. The highest BCUT2D eigenvalue weighted by Gasteiger charge is 2.23. The molecule has 5 nitrogen and oxygen atoms in total. The van der Waals surface area contributed by atoms with E-state index in [0.29, 0.717) is 34.3 Å². The standard InChI is InChI=1S/C28H35N3O2S/c1-2-3-4-10-17-31-27(33)24-13-8-9-14-25(24)29-28(31)34-21-26(32)30-18-15-23(16-19-30)20-22-11-6-5-7-12-22/h5-9,11-14,23H,2-4,10,15-21H2,1H3. The second kappa shape index (κ2) is 12.2. The summed E-state index contributed by atoms with van der Waals surface area (Å²) >= 11 is 1.41. The summed E-state index contributed by atoms with van der Waals surface area (Å²) in [7, 11) is 0. The number of hydrogen-bond acceptors (Lipinski definition) is 4. The van der Waals surface area contributed by atoms with Crippen LogP contribution >= 0.6 is 11.8 Å². The molecule has 3 aromatic rings. The second-order valence-electron chi connectivity index (χ2n) is 9.23. The van der Waals surface area contributed by atoms with E-state index in [9.17, 15) is 9.59 Å². The number of rotatable bonds is 10. The van der Waals surface area contributed by atoms with Crippen LogP contribution in [-0.4, -0.2) is 39.2 Å². The highest BCUT2D eigenvalue weighted by atomic mass is 32.2. The molecule has 180 valence electrons. The van der Waals surface area contributed by atoms with Gasteiger partial charge in [-0.15, -0.1) is 0 Å². The maximum Gasteiger partial charge on any atom is 0.262 e. The van der Waals surface area contributed by atoms with E-state index >= 15 is 0 Å². The molecule has 0 bridgehead atoms. The molecule has 2 aromatic carbocycles. The zero-order chi connectivity index (χ0) is 23.8. The Morgan fingerprint density at radius 3 is 2.50 bits per heavy atom. The SMILES string of the molecule is CCCCCCn1c(SCC(=O)N2CCC(Cc3ccccc3)CC2)nc2ccccc2c1=O. The zero-order valence-corrected chi connectivity index (χ0v) is 20.9. The number of piperidine rings is 1. The third-order valence-electron chi connectivity index (χ3n) is 6.72. The van der Waals surface area contributed by atoms with Gasteiger partial charge < -0.3 is 4.90 Å². The van der Waals surface area contributed by atoms with Gasteiger partial charge in [0, 0.05) is 19.6 Å². The zero-order valence-electron chi connectivity index (χ0n) is 20.1. The van der Waals surface area contributed by atoms with Crippen LogP contribution in [0.2, 0.25) is 0 Å². The molecule has 6 heteroatoms. The molecule has 1 amide bonds. The number of carbonyl (C=O) groups excluding carboxylic acids is 1. The highest BCUT2D eigenvalue weighted by Crippen LogP contribution is 2.24. The van der Waals surface area contributed by atoms with Crippen LogP contribution in [0.5, 0.6) is 0 Å². The van der Waals surface area contributed by atoms with Crippen molar-refractivity contribution in [3.63, 3.8) is 0 Å². The van der Waals surface area contributed by atoms with Gasteiger partial charge in [0.2, 0.25) is 5.91 Å². The van der Waals surface area contributed by atoms with E-state index in [4.69, 9.17) is 4.98 Å². The second-order valence-corrected chi connectivity index (χ2v) is 10.2. The fourth-order valence-electron chi connectivity index (χ4n) is 4.70. The number of amides is 1. The first-order chi connectivity index (χ1) is 16.7. The van der Waals surface area contributed by atoms with Gasteiger partial charge in [-0.3, -0.25) is 14.2 Å². The van der Waals surface area contributed by atoms with Gasteiger partial charge in [-0.1, -0.05) is 80.4 Å². The molecule has 1 aromatic heterocycles. The van der Waals surface area contributed by atoms with Crippen LogP contribution < -0.4 is 5.56 Å². The lowest BCUT2D eigenvalue weighted by Gasteiger charge is -2.32. The van der Waals surface area contributed by atoms with Gasteiger partial charge in [-0.05, 0) is 49.3 Å². The van der Waals surface area contributed by atoms with Crippen molar-refractivity contribution in [2.45, 2.75) is 63.6 Å². The van der Waals surface area contributed by atoms with Gasteiger partial charge in [0.1, 0.15) is 0 Å². The monoisotopic (exact) mass is 477 g/mol. The third-order valence-corrected chi connectivity index (χ3v) is 7.68. The van der Waals surface area contributed by atoms with Crippen molar-refractivity contribution in [3.05, 3.63) is 70.5 Å². The van der Waals surface area contributed by atoms with Gasteiger partial charge in [-0.2, -0.15) is 0 Å². The van der Waals surface area contributed by atoms with E-state index in [1.807, 2.05) is 29.2 Å². The summed E-state index contributed by atoms with van der Waals surface area (Å²) in [6.07, 6.45) is 7.53. The van der Waals surface area contributed by atoms with Crippen LogP contribution in [0.15, 0.2) is 64.5 Å². The van der Waals surface area contributed by atoms with E-state index in [-0.39, 0.29) is 11.5 Å². The molecule has 1 fully saturated rings. The molecule has 34 heavy (non-hydrogen) atoms. The predicted molar refractivity (Wildman–Crippen MR) is 140 cm³/mol. The predicted octanol–water partition coefficient (Wildman–Crippen LogP) is 5.55. The number of carbonyl (C=O) groups is 1. The van der Waals surface area contributed by atoms with Crippen LogP contribution in [-0.2, 0) is 17.8 Å². The lowest BCUT2D eigenvalue weighted by atomic mass is 9.90. The van der Waals surface area contributed by atoms with Crippen LogP contribution in [0.25, 0.3) is 10.9 Å². The van der Waals surface area contributed by atoms with Crippen LogP contribution in [0, 0.1) is 5.92 Å². The summed E-state index contributed by atoms with van der Waals surface area (Å²) in [6.45, 7) is 4.46. The Morgan fingerprint density at radius 1 is 1.00 bits per heavy atom. The van der Waals surface area contributed by atoms with Gasteiger partial charge in [-0.25, -0.2) is 4.98 Å². The smallest absolute Gasteiger partial charge is 0.262 e. The quantitative estimate of drug-likeness (QED) is 0.218. The number of benzene rings is 2. The number of para-hydroxylation sites is 1. The summed E-state index contributed by atoms with van der Waals surface area (Å²) in [5, 5.41) is 1.31. The molecule has 0 unspecified atom stereocenters. The number of likely N-dealkylation sites (tertiary alicyclic amines) is 1. The molecular weight excluding hydrogens is 442 g/mol. The van der Waals surface area contributed by atoms with Crippen LogP contribution in [0.3, 0.4) is 0 Å². The average Bonchev–Trinajstić information content (AvgIpc) is 2.87.